The molecule has 0 aliphatic heterocycles. The molecule has 2 atom stereocenters. The van der Waals surface area contributed by atoms with E-state index in [0.29, 0.717) is 12.8 Å². The molecule has 27 heavy (non-hydrogen) atoms. The Morgan fingerprint density at radius 2 is 1.22 bits per heavy atom. The van der Waals surface area contributed by atoms with Crippen LogP contribution < -0.4 is 0 Å². The normalized spacial score (nSPS) is 14.7. The molecule has 3 N–H and O–H groups in total. The number of aliphatic hydroxyl groups excluding tert-OH is 1. The zero-order chi connectivity index (χ0) is 20.5. The Labute approximate surface area is 165 Å². The van der Waals surface area contributed by atoms with Crippen molar-refractivity contribution in [1.82, 2.24) is 0 Å². The van der Waals surface area contributed by atoms with E-state index in [0.717, 1.165) is 44.9 Å². The van der Waals surface area contributed by atoms with Crippen molar-refractivity contribution in [3.8, 4) is 0 Å². The summed E-state index contributed by atoms with van der Waals surface area (Å²) in [5.41, 5.74) is -1.95. The van der Waals surface area contributed by atoms with Gasteiger partial charge in [-0.15, -0.1) is 0 Å². The SMILES string of the molecule is CCCCCCCCCC(O)(CC(=O)O)C(=O)C(O)CCCCCCCC. The molecule has 0 saturated carbocycles. The standard InChI is InChI=1S/C22H42O5/c1-3-5-7-9-11-13-15-17-22(27,18-20(24)25)21(26)19(23)16-14-12-10-8-6-4-2/h19,23,27H,3-18H2,1-2H3,(H,24,25). The summed E-state index contributed by atoms with van der Waals surface area (Å²) in [6.45, 7) is 4.31. The van der Waals surface area contributed by atoms with E-state index in [-0.39, 0.29) is 6.42 Å². The maximum Gasteiger partial charge on any atom is 0.306 e. The van der Waals surface area contributed by atoms with Gasteiger partial charge >= 0.3 is 5.97 Å². The summed E-state index contributed by atoms with van der Waals surface area (Å²) in [6, 6.07) is 0. The molecule has 0 aliphatic rings. The minimum Gasteiger partial charge on any atom is -0.481 e. The molecule has 0 rings (SSSR count). The number of carbonyl (C=O) groups excluding carboxylic acids is 1. The first-order valence-corrected chi connectivity index (χ1v) is 11.0. The van der Waals surface area contributed by atoms with Gasteiger partial charge in [0.15, 0.2) is 5.78 Å². The molecule has 5 nitrogen and oxygen atoms in total. The van der Waals surface area contributed by atoms with E-state index >= 15 is 0 Å². The highest BCUT2D eigenvalue weighted by Gasteiger charge is 2.40. The molecule has 5 heteroatoms. The predicted octanol–water partition coefficient (Wildman–Crippen LogP) is 5.01. The summed E-state index contributed by atoms with van der Waals surface area (Å²) in [7, 11) is 0. The quantitative estimate of drug-likeness (QED) is 0.271. The van der Waals surface area contributed by atoms with Crippen molar-refractivity contribution in [2.75, 3.05) is 0 Å². The van der Waals surface area contributed by atoms with Crippen LogP contribution >= 0.6 is 0 Å². The second-order valence-corrected chi connectivity index (χ2v) is 7.91. The predicted molar refractivity (Wildman–Crippen MR) is 109 cm³/mol. The Kier molecular flexibility index (Phi) is 15.5. The smallest absolute Gasteiger partial charge is 0.306 e. The molecule has 0 spiro atoms. The molecular weight excluding hydrogens is 344 g/mol. The van der Waals surface area contributed by atoms with Crippen LogP contribution in [-0.2, 0) is 9.59 Å². The minimum atomic E-state index is -1.95. The van der Waals surface area contributed by atoms with Crippen LogP contribution in [0.2, 0.25) is 0 Å². The highest BCUT2D eigenvalue weighted by Crippen LogP contribution is 2.24. The van der Waals surface area contributed by atoms with Gasteiger partial charge in [-0.25, -0.2) is 0 Å². The number of ketones is 1. The molecule has 0 aliphatic carbocycles. The van der Waals surface area contributed by atoms with Crippen LogP contribution in [0.4, 0.5) is 0 Å². The van der Waals surface area contributed by atoms with Crippen molar-refractivity contribution < 1.29 is 24.9 Å². The molecule has 0 bridgehead atoms. The number of rotatable bonds is 19. The number of unbranched alkanes of at least 4 members (excludes halogenated alkanes) is 11. The Morgan fingerprint density at radius 1 is 0.778 bits per heavy atom. The van der Waals surface area contributed by atoms with E-state index in [9.17, 15) is 19.8 Å². The van der Waals surface area contributed by atoms with Gasteiger partial charge in [0.1, 0.15) is 11.7 Å². The van der Waals surface area contributed by atoms with E-state index in [2.05, 4.69) is 13.8 Å². The Hall–Kier alpha value is -0.940. The number of carbonyl (C=O) groups is 2. The Morgan fingerprint density at radius 3 is 1.70 bits per heavy atom. The van der Waals surface area contributed by atoms with Gasteiger partial charge in [0.25, 0.3) is 0 Å². The molecule has 0 aromatic carbocycles. The molecule has 2 unspecified atom stereocenters. The largest absolute Gasteiger partial charge is 0.481 e. The maximum absolute atomic E-state index is 12.5. The monoisotopic (exact) mass is 386 g/mol. The van der Waals surface area contributed by atoms with E-state index in [1.807, 2.05) is 0 Å². The van der Waals surface area contributed by atoms with Gasteiger partial charge in [-0.3, -0.25) is 9.59 Å². The first kappa shape index (κ1) is 26.1. The fourth-order valence-electron chi connectivity index (χ4n) is 3.48. The molecule has 0 amide bonds. The van der Waals surface area contributed by atoms with Crippen LogP contribution in [0, 0.1) is 0 Å². The van der Waals surface area contributed by atoms with Crippen molar-refractivity contribution in [1.29, 1.82) is 0 Å². The molecule has 0 aromatic rings. The number of hydrogen-bond acceptors (Lipinski definition) is 4. The van der Waals surface area contributed by atoms with Crippen LogP contribution in [0.25, 0.3) is 0 Å². The summed E-state index contributed by atoms with van der Waals surface area (Å²) in [5.74, 6) is -1.93. The lowest BCUT2D eigenvalue weighted by atomic mass is 9.84. The summed E-state index contributed by atoms with van der Waals surface area (Å²) in [4.78, 5) is 23.6. The van der Waals surface area contributed by atoms with E-state index in [4.69, 9.17) is 5.11 Å². The van der Waals surface area contributed by atoms with Crippen LogP contribution in [-0.4, -0.2) is 38.8 Å². The van der Waals surface area contributed by atoms with Crippen molar-refractivity contribution in [2.24, 2.45) is 0 Å². The number of Topliss-reactive ketones (excluding diaryl/α,β-unsaturated/α-hetero) is 1. The first-order valence-electron chi connectivity index (χ1n) is 11.0. The minimum absolute atomic E-state index is 0.111. The number of aliphatic hydroxyl groups is 2. The third-order valence-electron chi connectivity index (χ3n) is 5.23. The number of aliphatic carboxylic acids is 1. The van der Waals surface area contributed by atoms with Crippen LogP contribution in [0.1, 0.15) is 117 Å². The highest BCUT2D eigenvalue weighted by molar-refractivity contribution is 5.93. The Bertz CT molecular complexity index is 396. The van der Waals surface area contributed by atoms with E-state index < -0.39 is 29.9 Å². The molecule has 0 fully saturated rings. The average molecular weight is 387 g/mol. The summed E-state index contributed by atoms with van der Waals surface area (Å²) in [6.07, 6.45) is 12.0. The van der Waals surface area contributed by atoms with Gasteiger partial charge in [0.2, 0.25) is 0 Å². The fourth-order valence-corrected chi connectivity index (χ4v) is 3.48. The lowest BCUT2D eigenvalue weighted by molar-refractivity contribution is -0.157. The van der Waals surface area contributed by atoms with E-state index in [1.165, 1.54) is 32.1 Å². The third-order valence-corrected chi connectivity index (χ3v) is 5.23. The third kappa shape index (κ3) is 13.0. The average Bonchev–Trinajstić information content (AvgIpc) is 2.62. The van der Waals surface area contributed by atoms with Crippen LogP contribution in [0.15, 0.2) is 0 Å². The Balaban J connectivity index is 4.35. The fraction of sp³-hybridized carbons (Fsp3) is 0.909. The summed E-state index contributed by atoms with van der Waals surface area (Å²) in [5, 5.41) is 29.9. The van der Waals surface area contributed by atoms with Gasteiger partial charge in [-0.1, -0.05) is 97.3 Å². The lowest BCUT2D eigenvalue weighted by Crippen LogP contribution is -2.46. The van der Waals surface area contributed by atoms with E-state index in [1.54, 1.807) is 0 Å². The van der Waals surface area contributed by atoms with Gasteiger partial charge < -0.3 is 15.3 Å². The highest BCUT2D eigenvalue weighted by atomic mass is 16.4. The topological polar surface area (TPSA) is 94.8 Å². The second-order valence-electron chi connectivity index (χ2n) is 7.91. The first-order chi connectivity index (χ1) is 12.9. The molecular formula is C22H42O5. The van der Waals surface area contributed by atoms with Gasteiger partial charge in [0.05, 0.1) is 6.42 Å². The van der Waals surface area contributed by atoms with Gasteiger partial charge in [0, 0.05) is 0 Å². The van der Waals surface area contributed by atoms with Crippen molar-refractivity contribution >= 4 is 11.8 Å². The number of carboxylic acids is 1. The zero-order valence-electron chi connectivity index (χ0n) is 17.5. The molecule has 0 saturated heterocycles. The molecule has 0 aromatic heterocycles. The van der Waals surface area contributed by atoms with Crippen molar-refractivity contribution in [3.63, 3.8) is 0 Å². The molecule has 160 valence electrons. The summed E-state index contributed by atoms with van der Waals surface area (Å²) >= 11 is 0. The maximum atomic E-state index is 12.5. The van der Waals surface area contributed by atoms with Gasteiger partial charge in [-0.05, 0) is 12.8 Å². The second kappa shape index (κ2) is 16.1. The van der Waals surface area contributed by atoms with Crippen molar-refractivity contribution in [3.05, 3.63) is 0 Å². The number of hydrogen-bond donors (Lipinski definition) is 3. The molecule has 0 heterocycles. The van der Waals surface area contributed by atoms with Gasteiger partial charge in [-0.2, -0.15) is 0 Å². The van der Waals surface area contributed by atoms with Crippen molar-refractivity contribution in [2.45, 2.75) is 128 Å². The number of carboxylic acid groups (broad SMARTS) is 1. The lowest BCUT2D eigenvalue weighted by Gasteiger charge is -2.27. The zero-order valence-corrected chi connectivity index (χ0v) is 17.5. The molecule has 0 radical (unpaired) electrons. The van der Waals surface area contributed by atoms with Crippen LogP contribution in [0.5, 0.6) is 0 Å². The summed E-state index contributed by atoms with van der Waals surface area (Å²) < 4.78 is 0. The van der Waals surface area contributed by atoms with Crippen LogP contribution in [0.3, 0.4) is 0 Å².